The van der Waals surface area contributed by atoms with Crippen molar-refractivity contribution in [1.82, 2.24) is 19.5 Å². The molecule has 3 N–H and O–H groups in total. The minimum atomic E-state index is -0.617. The zero-order valence-corrected chi connectivity index (χ0v) is 19.9. The van der Waals surface area contributed by atoms with Gasteiger partial charge in [0.2, 0.25) is 5.91 Å². The van der Waals surface area contributed by atoms with Crippen LogP contribution in [0.15, 0.2) is 96.1 Å². The first-order valence-electron chi connectivity index (χ1n) is 11.7. The number of hydrogen-bond donors (Lipinski definition) is 2. The lowest BCUT2D eigenvalue weighted by molar-refractivity contribution is 0.100. The zero-order chi connectivity index (χ0) is 26.2. The number of halogens is 1. The minimum absolute atomic E-state index is 0.224. The number of ether oxygens (including phenoxy) is 1. The van der Waals surface area contributed by atoms with Crippen molar-refractivity contribution in [3.8, 4) is 22.9 Å². The van der Waals surface area contributed by atoms with Gasteiger partial charge >= 0.3 is 0 Å². The summed E-state index contributed by atoms with van der Waals surface area (Å²) in [6.07, 6.45) is 1.67. The number of hydrogen-bond acceptors (Lipinski definition) is 5. The first-order chi connectivity index (χ1) is 18.4. The van der Waals surface area contributed by atoms with Crippen LogP contribution in [0.5, 0.6) is 11.5 Å². The number of nitrogens with zero attached hydrogens (tertiary/aromatic N) is 3. The topological polar surface area (TPSA) is 116 Å². The third-order valence-electron chi connectivity index (χ3n) is 6.20. The molecule has 0 aliphatic heterocycles. The quantitative estimate of drug-likeness (QED) is 0.330. The van der Waals surface area contributed by atoms with Crippen molar-refractivity contribution in [3.63, 3.8) is 0 Å². The Kier molecular flexibility index (Phi) is 5.65. The van der Waals surface area contributed by atoms with Crippen molar-refractivity contribution in [1.29, 1.82) is 0 Å². The fraction of sp³-hybridized carbons (Fsp3) is 0.0345. The van der Waals surface area contributed by atoms with E-state index in [1.165, 1.54) is 12.1 Å². The number of primary amides is 1. The van der Waals surface area contributed by atoms with Gasteiger partial charge in [-0.05, 0) is 60.2 Å². The second-order valence-electron chi connectivity index (χ2n) is 8.76. The number of amides is 1. The average Bonchev–Trinajstić information content (AvgIpc) is 3.31. The van der Waals surface area contributed by atoms with Crippen LogP contribution in [0.2, 0.25) is 0 Å². The van der Waals surface area contributed by atoms with Crippen LogP contribution in [0.4, 0.5) is 4.39 Å². The normalized spacial score (nSPS) is 11.2. The molecule has 9 heteroatoms. The molecule has 186 valence electrons. The van der Waals surface area contributed by atoms with Crippen LogP contribution >= 0.6 is 0 Å². The van der Waals surface area contributed by atoms with Gasteiger partial charge in [0.15, 0.2) is 0 Å². The number of nitrogens with one attached hydrogen (secondary N) is 1. The predicted octanol–water partition coefficient (Wildman–Crippen LogP) is 5.02. The van der Waals surface area contributed by atoms with Gasteiger partial charge < -0.3 is 20.0 Å². The molecule has 2 aromatic heterocycles. The smallest absolute Gasteiger partial charge is 0.259 e. The largest absolute Gasteiger partial charge is 0.457 e. The number of benzene rings is 4. The molecule has 6 aromatic rings. The van der Waals surface area contributed by atoms with Gasteiger partial charge in [0, 0.05) is 12.1 Å². The molecular formula is C29H20FN5O3. The molecule has 1 amide bonds. The lowest BCUT2D eigenvalue weighted by atomic mass is 10.1. The molecule has 8 nitrogen and oxygen atoms in total. The summed E-state index contributed by atoms with van der Waals surface area (Å²) in [7, 11) is 0. The highest BCUT2D eigenvalue weighted by Gasteiger charge is 2.16. The van der Waals surface area contributed by atoms with Crippen LogP contribution in [0.1, 0.15) is 15.9 Å². The van der Waals surface area contributed by atoms with E-state index in [1.807, 2.05) is 22.8 Å². The summed E-state index contributed by atoms with van der Waals surface area (Å²) in [5.41, 5.74) is 8.52. The molecule has 0 saturated carbocycles. The Morgan fingerprint density at radius 2 is 1.76 bits per heavy atom. The first-order valence-corrected chi connectivity index (χ1v) is 11.7. The van der Waals surface area contributed by atoms with Crippen molar-refractivity contribution >= 4 is 27.8 Å². The molecule has 0 radical (unpaired) electrons. The highest BCUT2D eigenvalue weighted by Crippen LogP contribution is 2.33. The number of imidazole rings is 1. The van der Waals surface area contributed by atoms with E-state index < -0.39 is 5.91 Å². The number of H-pyrrole nitrogens is 1. The monoisotopic (exact) mass is 505 g/mol. The Hall–Kier alpha value is -5.31. The SMILES string of the molecule is NC(=O)c1ccc(Oc2ccccc2)c(-c2nc3cc4ncn(Cc5ccc(F)cc5)c4cc3c(=O)[nH]2)c1. The summed E-state index contributed by atoms with van der Waals surface area (Å²) < 4.78 is 21.2. The summed E-state index contributed by atoms with van der Waals surface area (Å²) in [6.45, 7) is 0.464. The van der Waals surface area contributed by atoms with Crippen LogP contribution in [-0.4, -0.2) is 25.4 Å². The van der Waals surface area contributed by atoms with Gasteiger partial charge in [-0.1, -0.05) is 30.3 Å². The Labute approximate surface area is 215 Å². The fourth-order valence-corrected chi connectivity index (χ4v) is 4.30. The highest BCUT2D eigenvalue weighted by molar-refractivity contribution is 5.96. The molecule has 0 bridgehead atoms. The summed E-state index contributed by atoms with van der Waals surface area (Å²) in [5, 5.41) is 0.374. The number of carbonyl (C=O) groups is 1. The average molecular weight is 506 g/mol. The molecule has 0 spiro atoms. The summed E-state index contributed by atoms with van der Waals surface area (Å²) in [4.78, 5) is 37.1. The zero-order valence-electron chi connectivity index (χ0n) is 19.9. The summed E-state index contributed by atoms with van der Waals surface area (Å²) in [6, 6.07) is 23.5. The van der Waals surface area contributed by atoms with Gasteiger partial charge in [0.1, 0.15) is 23.1 Å². The van der Waals surface area contributed by atoms with Gasteiger partial charge in [-0.2, -0.15) is 0 Å². The lowest BCUT2D eigenvalue weighted by Crippen LogP contribution is -2.13. The van der Waals surface area contributed by atoms with Crippen molar-refractivity contribution < 1.29 is 13.9 Å². The third kappa shape index (κ3) is 4.37. The molecule has 6 rings (SSSR count). The second kappa shape index (κ2) is 9.29. The predicted molar refractivity (Wildman–Crippen MR) is 142 cm³/mol. The molecule has 4 aromatic carbocycles. The molecule has 38 heavy (non-hydrogen) atoms. The molecule has 0 aliphatic carbocycles. The molecule has 0 atom stereocenters. The van der Waals surface area contributed by atoms with E-state index >= 15 is 0 Å². The van der Waals surface area contributed by atoms with E-state index in [1.54, 1.807) is 60.9 Å². The molecule has 2 heterocycles. The number of rotatable bonds is 6. The Balaban J connectivity index is 1.45. The van der Waals surface area contributed by atoms with Gasteiger partial charge in [0.05, 0.1) is 33.8 Å². The number of aromatic amines is 1. The van der Waals surface area contributed by atoms with E-state index in [0.29, 0.717) is 40.0 Å². The number of carbonyl (C=O) groups excluding carboxylic acids is 1. The number of para-hydroxylation sites is 1. The maximum absolute atomic E-state index is 13.3. The van der Waals surface area contributed by atoms with Crippen molar-refractivity contribution in [2.45, 2.75) is 6.54 Å². The number of fused-ring (bicyclic) bond motifs is 2. The summed E-state index contributed by atoms with van der Waals surface area (Å²) in [5.74, 6) is 0.281. The van der Waals surface area contributed by atoms with Crippen molar-refractivity contribution in [2.24, 2.45) is 5.73 Å². The first kappa shape index (κ1) is 23.1. The number of nitrogens with two attached hydrogens (primary N) is 1. The summed E-state index contributed by atoms with van der Waals surface area (Å²) >= 11 is 0. The van der Waals surface area contributed by atoms with Crippen LogP contribution in [0.25, 0.3) is 33.3 Å². The molecule has 0 aliphatic rings. The van der Waals surface area contributed by atoms with Gasteiger partial charge in [-0.25, -0.2) is 14.4 Å². The van der Waals surface area contributed by atoms with Crippen LogP contribution in [0.3, 0.4) is 0 Å². The lowest BCUT2D eigenvalue weighted by Gasteiger charge is -2.12. The van der Waals surface area contributed by atoms with Gasteiger partial charge in [-0.3, -0.25) is 9.59 Å². The van der Waals surface area contributed by atoms with Gasteiger partial charge in [-0.15, -0.1) is 0 Å². The second-order valence-corrected chi connectivity index (χ2v) is 8.76. The number of aromatic nitrogens is 4. The molecular weight excluding hydrogens is 485 g/mol. The van der Waals surface area contributed by atoms with E-state index in [-0.39, 0.29) is 22.8 Å². The standard InChI is InChI=1S/C29H20FN5O3/c30-19-9-6-17(7-10-19)15-35-16-32-24-14-23-21(13-25(24)35)29(37)34-28(33-23)22-12-18(27(31)36)8-11-26(22)38-20-4-2-1-3-5-20/h1-14,16H,15H2,(H2,31,36)(H,33,34,37). The van der Waals surface area contributed by atoms with Gasteiger partial charge in [0.25, 0.3) is 5.56 Å². The Bertz CT molecular complexity index is 1880. The Morgan fingerprint density at radius 3 is 2.53 bits per heavy atom. The van der Waals surface area contributed by atoms with Crippen LogP contribution in [0, 0.1) is 5.82 Å². The fourth-order valence-electron chi connectivity index (χ4n) is 4.30. The van der Waals surface area contributed by atoms with Crippen LogP contribution < -0.4 is 16.0 Å². The van der Waals surface area contributed by atoms with Crippen LogP contribution in [-0.2, 0) is 6.54 Å². The maximum Gasteiger partial charge on any atom is 0.259 e. The van der Waals surface area contributed by atoms with E-state index in [0.717, 1.165) is 11.1 Å². The molecule has 0 unspecified atom stereocenters. The minimum Gasteiger partial charge on any atom is -0.457 e. The van der Waals surface area contributed by atoms with E-state index in [9.17, 15) is 14.0 Å². The van der Waals surface area contributed by atoms with Crippen molar-refractivity contribution in [2.75, 3.05) is 0 Å². The van der Waals surface area contributed by atoms with E-state index in [4.69, 9.17) is 10.5 Å². The van der Waals surface area contributed by atoms with Crippen molar-refractivity contribution in [3.05, 3.63) is 119 Å². The molecule has 0 saturated heterocycles. The maximum atomic E-state index is 13.3. The third-order valence-corrected chi connectivity index (χ3v) is 6.20. The van der Waals surface area contributed by atoms with E-state index in [2.05, 4.69) is 15.0 Å². The molecule has 0 fully saturated rings. The highest BCUT2D eigenvalue weighted by atomic mass is 19.1. The Morgan fingerprint density at radius 1 is 0.974 bits per heavy atom.